The van der Waals surface area contributed by atoms with Gasteiger partial charge in [-0.25, -0.2) is 0 Å². The fourth-order valence-corrected chi connectivity index (χ4v) is 2.31. The Labute approximate surface area is 141 Å². The van der Waals surface area contributed by atoms with Crippen LogP contribution in [0.15, 0.2) is 53.9 Å². The zero-order valence-corrected chi connectivity index (χ0v) is 13.8. The van der Waals surface area contributed by atoms with Crippen molar-refractivity contribution in [3.05, 3.63) is 70.4 Å². The number of carbonyl (C=O) groups excluding carboxylic acids is 1. The Morgan fingerprint density at radius 3 is 2.50 bits per heavy atom. The lowest BCUT2D eigenvalue weighted by Gasteiger charge is -2.24. The molecule has 0 aliphatic carbocycles. The minimum atomic E-state index is -0.226. The zero-order chi connectivity index (χ0) is 17.4. The molecular weight excluding hydrogens is 304 g/mol. The number of aromatic nitrogens is 1. The van der Waals surface area contributed by atoms with Gasteiger partial charge in [-0.2, -0.15) is 0 Å². The fourth-order valence-electron chi connectivity index (χ4n) is 2.31. The van der Waals surface area contributed by atoms with Crippen molar-refractivity contribution in [3.8, 4) is 0 Å². The maximum absolute atomic E-state index is 12.0. The average Bonchev–Trinajstić information content (AvgIpc) is 2.60. The summed E-state index contributed by atoms with van der Waals surface area (Å²) in [5.74, 6) is -0.226. The van der Waals surface area contributed by atoms with E-state index in [-0.39, 0.29) is 18.0 Å². The maximum Gasteiger partial charge on any atom is 0.306 e. The monoisotopic (exact) mass is 324 g/mol. The summed E-state index contributed by atoms with van der Waals surface area (Å²) in [6, 6.07) is 10.9. The highest BCUT2D eigenvalue weighted by Gasteiger charge is 2.22. The molecule has 0 radical (unpaired) electrons. The number of ether oxygens (including phenoxy) is 1. The SMILES string of the molecule is CC(C)(CCC(=O)OCc1ccc(N=[N+]=[N-])cc1)c1ccncc1. The predicted octanol–water partition coefficient (Wildman–Crippen LogP) is 4.82. The largest absolute Gasteiger partial charge is 0.461 e. The lowest BCUT2D eigenvalue weighted by molar-refractivity contribution is -0.145. The van der Waals surface area contributed by atoms with E-state index in [9.17, 15) is 4.79 Å². The summed E-state index contributed by atoms with van der Waals surface area (Å²) in [4.78, 5) is 18.7. The van der Waals surface area contributed by atoms with E-state index in [1.54, 1.807) is 36.7 Å². The van der Waals surface area contributed by atoms with Gasteiger partial charge in [-0.15, -0.1) is 0 Å². The molecule has 0 unspecified atom stereocenters. The third-order valence-electron chi connectivity index (χ3n) is 3.91. The van der Waals surface area contributed by atoms with Gasteiger partial charge in [-0.1, -0.05) is 43.2 Å². The van der Waals surface area contributed by atoms with E-state index in [0.29, 0.717) is 18.5 Å². The minimum absolute atomic E-state index is 0.112. The van der Waals surface area contributed by atoms with Gasteiger partial charge in [0.05, 0.1) is 0 Å². The van der Waals surface area contributed by atoms with Crippen LogP contribution in [0.4, 0.5) is 5.69 Å². The van der Waals surface area contributed by atoms with Crippen molar-refractivity contribution in [1.82, 2.24) is 4.98 Å². The first-order chi connectivity index (χ1) is 11.5. The fraction of sp³-hybridized carbons (Fsp3) is 0.333. The third-order valence-corrected chi connectivity index (χ3v) is 3.91. The number of pyridine rings is 1. The van der Waals surface area contributed by atoms with Crippen molar-refractivity contribution in [2.45, 2.75) is 38.7 Å². The summed E-state index contributed by atoms with van der Waals surface area (Å²) < 4.78 is 5.30. The Morgan fingerprint density at radius 2 is 1.88 bits per heavy atom. The molecule has 0 spiro atoms. The molecule has 0 fully saturated rings. The van der Waals surface area contributed by atoms with Gasteiger partial charge in [0, 0.05) is 29.4 Å². The van der Waals surface area contributed by atoms with Crippen molar-refractivity contribution < 1.29 is 9.53 Å². The molecule has 2 rings (SSSR count). The lowest BCUT2D eigenvalue weighted by atomic mass is 9.81. The van der Waals surface area contributed by atoms with Crippen molar-refractivity contribution in [1.29, 1.82) is 0 Å². The van der Waals surface area contributed by atoms with Crippen molar-refractivity contribution in [3.63, 3.8) is 0 Å². The van der Waals surface area contributed by atoms with Crippen LogP contribution in [-0.2, 0) is 21.6 Å². The van der Waals surface area contributed by atoms with Gasteiger partial charge >= 0.3 is 5.97 Å². The van der Waals surface area contributed by atoms with Gasteiger partial charge < -0.3 is 4.74 Å². The molecular formula is C18H20N4O2. The minimum Gasteiger partial charge on any atom is -0.461 e. The molecule has 2 aromatic rings. The summed E-state index contributed by atoms with van der Waals surface area (Å²) in [5.41, 5.74) is 10.8. The Kier molecular flexibility index (Phi) is 5.93. The second-order valence-corrected chi connectivity index (χ2v) is 6.14. The molecule has 0 saturated carbocycles. The molecule has 0 atom stereocenters. The quantitative estimate of drug-likeness (QED) is 0.316. The third kappa shape index (κ3) is 5.11. The van der Waals surface area contributed by atoms with E-state index >= 15 is 0 Å². The van der Waals surface area contributed by atoms with Crippen LogP contribution in [0.1, 0.15) is 37.8 Å². The topological polar surface area (TPSA) is 88.0 Å². The van der Waals surface area contributed by atoms with E-state index in [0.717, 1.165) is 11.1 Å². The number of nitrogens with zero attached hydrogens (tertiary/aromatic N) is 4. The van der Waals surface area contributed by atoms with Crippen LogP contribution in [0.3, 0.4) is 0 Å². The Hall–Kier alpha value is -2.85. The smallest absolute Gasteiger partial charge is 0.306 e. The first-order valence-electron chi connectivity index (χ1n) is 7.71. The number of rotatable bonds is 7. The second-order valence-electron chi connectivity index (χ2n) is 6.14. The molecule has 0 amide bonds. The van der Waals surface area contributed by atoms with Crippen molar-refractivity contribution in [2.75, 3.05) is 0 Å². The Balaban J connectivity index is 1.82. The average molecular weight is 324 g/mol. The lowest BCUT2D eigenvalue weighted by Crippen LogP contribution is -2.19. The van der Waals surface area contributed by atoms with Gasteiger partial charge in [0.15, 0.2) is 0 Å². The number of esters is 1. The second kappa shape index (κ2) is 8.13. The first kappa shape index (κ1) is 17.5. The normalized spacial score (nSPS) is 10.8. The number of benzene rings is 1. The van der Waals surface area contributed by atoms with Crippen LogP contribution in [0, 0.1) is 0 Å². The first-order valence-corrected chi connectivity index (χ1v) is 7.71. The molecule has 0 saturated heterocycles. The van der Waals surface area contributed by atoms with E-state index < -0.39 is 0 Å². The zero-order valence-electron chi connectivity index (χ0n) is 13.8. The van der Waals surface area contributed by atoms with E-state index in [1.807, 2.05) is 12.1 Å². The Bertz CT molecular complexity index is 720. The molecule has 1 heterocycles. The summed E-state index contributed by atoms with van der Waals surface area (Å²) in [7, 11) is 0. The van der Waals surface area contributed by atoms with Crippen LogP contribution >= 0.6 is 0 Å². The van der Waals surface area contributed by atoms with Crippen molar-refractivity contribution >= 4 is 11.7 Å². The van der Waals surface area contributed by atoms with Crippen LogP contribution in [0.2, 0.25) is 0 Å². The number of hydrogen-bond acceptors (Lipinski definition) is 4. The predicted molar refractivity (Wildman–Crippen MR) is 91.5 cm³/mol. The van der Waals surface area contributed by atoms with Gasteiger partial charge in [0.2, 0.25) is 0 Å². The van der Waals surface area contributed by atoms with Crippen molar-refractivity contribution in [2.24, 2.45) is 5.11 Å². The van der Waals surface area contributed by atoms with Crippen LogP contribution < -0.4 is 0 Å². The van der Waals surface area contributed by atoms with Gasteiger partial charge in [-0.3, -0.25) is 9.78 Å². The number of hydrogen-bond donors (Lipinski definition) is 0. The molecule has 1 aromatic carbocycles. The van der Waals surface area contributed by atoms with E-state index in [2.05, 4.69) is 28.9 Å². The highest BCUT2D eigenvalue weighted by atomic mass is 16.5. The molecule has 0 N–H and O–H groups in total. The van der Waals surface area contributed by atoms with E-state index in [1.165, 1.54) is 0 Å². The molecule has 1 aromatic heterocycles. The summed E-state index contributed by atoms with van der Waals surface area (Å²) in [6.07, 6.45) is 4.57. The van der Waals surface area contributed by atoms with Crippen LogP contribution in [-0.4, -0.2) is 11.0 Å². The van der Waals surface area contributed by atoms with Crippen LogP contribution in [0.5, 0.6) is 0 Å². The Morgan fingerprint density at radius 1 is 1.21 bits per heavy atom. The highest BCUT2D eigenvalue weighted by molar-refractivity contribution is 5.69. The maximum atomic E-state index is 12.0. The molecule has 24 heavy (non-hydrogen) atoms. The summed E-state index contributed by atoms with van der Waals surface area (Å²) >= 11 is 0. The molecule has 124 valence electrons. The van der Waals surface area contributed by atoms with Crippen LogP contribution in [0.25, 0.3) is 10.4 Å². The molecule has 0 bridgehead atoms. The summed E-state index contributed by atoms with van der Waals surface area (Å²) in [5, 5.41) is 3.50. The van der Waals surface area contributed by atoms with Gasteiger partial charge in [-0.05, 0) is 40.6 Å². The van der Waals surface area contributed by atoms with Gasteiger partial charge in [0.25, 0.3) is 0 Å². The molecule has 6 nitrogen and oxygen atoms in total. The standard InChI is InChI=1S/C18H20N4O2/c1-18(2,15-8-11-20-12-9-15)10-7-17(23)24-13-14-3-5-16(6-4-14)21-22-19/h3-6,8-9,11-12H,7,10,13H2,1-2H3. The number of azide groups is 1. The molecule has 6 heteroatoms. The van der Waals surface area contributed by atoms with E-state index in [4.69, 9.17) is 10.3 Å². The molecule has 0 aliphatic heterocycles. The summed E-state index contributed by atoms with van der Waals surface area (Å²) in [6.45, 7) is 4.42. The number of carbonyl (C=O) groups is 1. The highest BCUT2D eigenvalue weighted by Crippen LogP contribution is 2.28. The van der Waals surface area contributed by atoms with Gasteiger partial charge in [0.1, 0.15) is 6.61 Å². The molecule has 0 aliphatic rings.